The molecule has 20 heavy (non-hydrogen) atoms. The van der Waals surface area contributed by atoms with E-state index in [0.29, 0.717) is 17.2 Å². The molecule has 1 aromatic rings. The molecule has 0 radical (unpaired) electrons. The Balaban J connectivity index is 2.00. The van der Waals surface area contributed by atoms with Gasteiger partial charge in [0.1, 0.15) is 5.75 Å². The van der Waals surface area contributed by atoms with Gasteiger partial charge >= 0.3 is 5.97 Å². The van der Waals surface area contributed by atoms with Gasteiger partial charge in [0, 0.05) is 18.6 Å². The second kappa shape index (κ2) is 6.11. The molecule has 0 aromatic heterocycles. The predicted octanol–water partition coefficient (Wildman–Crippen LogP) is 0.859. The molecule has 0 saturated heterocycles. The maximum Gasteiger partial charge on any atom is 0.328 e. The molecular weight excluding hydrogens is 286 g/mol. The van der Waals surface area contributed by atoms with Crippen LogP contribution in [0, 0.1) is 0 Å². The van der Waals surface area contributed by atoms with Gasteiger partial charge in [0.2, 0.25) is 0 Å². The van der Waals surface area contributed by atoms with E-state index in [0.717, 1.165) is 5.56 Å². The Kier molecular flexibility index (Phi) is 4.46. The van der Waals surface area contributed by atoms with E-state index in [-0.39, 0.29) is 6.61 Å². The number of carbonyl (C=O) groups excluding carboxylic acids is 1. The normalized spacial score (nSPS) is 18.0. The van der Waals surface area contributed by atoms with E-state index < -0.39 is 24.0 Å². The van der Waals surface area contributed by atoms with Gasteiger partial charge in [-0.05, 0) is 23.8 Å². The summed E-state index contributed by atoms with van der Waals surface area (Å²) in [5.74, 6) is -1.05. The van der Waals surface area contributed by atoms with Gasteiger partial charge < -0.3 is 19.9 Å². The highest BCUT2D eigenvalue weighted by Crippen LogP contribution is 2.31. The summed E-state index contributed by atoms with van der Waals surface area (Å²) in [6, 6.07) is 4.00. The fourth-order valence-corrected chi connectivity index (χ4v) is 2.16. The molecule has 2 rings (SSSR count). The topological polar surface area (TPSA) is 84.9 Å². The summed E-state index contributed by atoms with van der Waals surface area (Å²) >= 11 is 5.87. The lowest BCUT2D eigenvalue weighted by molar-refractivity contribution is -0.144. The van der Waals surface area contributed by atoms with E-state index in [4.69, 9.17) is 26.2 Å². The van der Waals surface area contributed by atoms with Crippen LogP contribution in [0.1, 0.15) is 5.56 Å². The first-order valence-corrected chi connectivity index (χ1v) is 6.36. The highest BCUT2D eigenvalue weighted by molar-refractivity contribution is 6.30. The number of benzene rings is 1. The van der Waals surface area contributed by atoms with Crippen LogP contribution in [0.2, 0.25) is 5.02 Å². The van der Waals surface area contributed by atoms with Gasteiger partial charge in [0.25, 0.3) is 5.91 Å². The second-order valence-electron chi connectivity index (χ2n) is 4.42. The minimum absolute atomic E-state index is 0.105. The highest BCUT2D eigenvalue weighted by atomic mass is 35.5. The monoisotopic (exact) mass is 299 g/mol. The van der Waals surface area contributed by atoms with Crippen LogP contribution >= 0.6 is 11.6 Å². The van der Waals surface area contributed by atoms with Crippen LogP contribution in [0.4, 0.5) is 0 Å². The zero-order valence-corrected chi connectivity index (χ0v) is 11.5. The maximum atomic E-state index is 12.0. The van der Waals surface area contributed by atoms with Crippen molar-refractivity contribution in [1.29, 1.82) is 0 Å². The number of hydrogen-bond acceptors (Lipinski definition) is 4. The molecule has 0 spiro atoms. The Morgan fingerprint density at radius 2 is 2.35 bits per heavy atom. The van der Waals surface area contributed by atoms with Gasteiger partial charge in [-0.15, -0.1) is 0 Å². The number of carboxylic acid groups (broad SMARTS) is 1. The third-order valence-electron chi connectivity index (χ3n) is 2.94. The number of carboxylic acids is 1. The van der Waals surface area contributed by atoms with Crippen molar-refractivity contribution in [2.75, 3.05) is 13.7 Å². The summed E-state index contributed by atoms with van der Waals surface area (Å²) in [7, 11) is 1.37. The summed E-state index contributed by atoms with van der Waals surface area (Å²) < 4.78 is 10.2. The zero-order valence-electron chi connectivity index (χ0n) is 10.8. The molecule has 0 saturated carbocycles. The SMILES string of the molecule is COCC(NC(=O)C1Cc2cc(Cl)ccc2O1)C(=O)O. The largest absolute Gasteiger partial charge is 0.480 e. The molecule has 0 aliphatic carbocycles. The van der Waals surface area contributed by atoms with Gasteiger partial charge in [0.15, 0.2) is 12.1 Å². The van der Waals surface area contributed by atoms with Crippen LogP contribution in [-0.4, -0.2) is 42.8 Å². The number of fused-ring (bicyclic) bond motifs is 1. The van der Waals surface area contributed by atoms with Crippen molar-refractivity contribution in [3.8, 4) is 5.75 Å². The molecular formula is C13H14ClNO5. The Bertz CT molecular complexity index is 533. The van der Waals surface area contributed by atoms with E-state index in [9.17, 15) is 9.59 Å². The number of ether oxygens (including phenoxy) is 2. The first-order valence-electron chi connectivity index (χ1n) is 5.98. The molecule has 108 valence electrons. The van der Waals surface area contributed by atoms with E-state index in [1.54, 1.807) is 18.2 Å². The predicted molar refractivity (Wildman–Crippen MR) is 71.0 cm³/mol. The number of amides is 1. The van der Waals surface area contributed by atoms with E-state index in [1.807, 2.05) is 0 Å². The Hall–Kier alpha value is -1.79. The van der Waals surface area contributed by atoms with Gasteiger partial charge in [-0.2, -0.15) is 0 Å². The van der Waals surface area contributed by atoms with Crippen molar-refractivity contribution in [3.63, 3.8) is 0 Å². The lowest BCUT2D eigenvalue weighted by Crippen LogP contribution is -2.48. The van der Waals surface area contributed by atoms with E-state index in [1.165, 1.54) is 7.11 Å². The van der Waals surface area contributed by atoms with Crippen molar-refractivity contribution in [1.82, 2.24) is 5.32 Å². The molecule has 1 heterocycles. The summed E-state index contributed by atoms with van der Waals surface area (Å²) in [6.45, 7) is -0.105. The molecule has 0 fully saturated rings. The number of carbonyl (C=O) groups is 2. The molecule has 2 unspecified atom stereocenters. The number of nitrogens with one attached hydrogen (secondary N) is 1. The average Bonchev–Trinajstić information content (AvgIpc) is 2.80. The van der Waals surface area contributed by atoms with Crippen molar-refractivity contribution in [2.45, 2.75) is 18.6 Å². The van der Waals surface area contributed by atoms with Crippen molar-refractivity contribution in [3.05, 3.63) is 28.8 Å². The molecule has 1 aromatic carbocycles. The lowest BCUT2D eigenvalue weighted by atomic mass is 10.1. The first-order chi connectivity index (χ1) is 9.51. The van der Waals surface area contributed by atoms with Crippen molar-refractivity contribution in [2.24, 2.45) is 0 Å². The summed E-state index contributed by atoms with van der Waals surface area (Å²) in [5, 5.41) is 11.9. The average molecular weight is 300 g/mol. The smallest absolute Gasteiger partial charge is 0.328 e. The molecule has 6 nitrogen and oxygen atoms in total. The van der Waals surface area contributed by atoms with E-state index >= 15 is 0 Å². The van der Waals surface area contributed by atoms with Crippen molar-refractivity contribution >= 4 is 23.5 Å². The number of rotatable bonds is 5. The lowest BCUT2D eigenvalue weighted by Gasteiger charge is -2.16. The fraction of sp³-hybridized carbons (Fsp3) is 0.385. The minimum atomic E-state index is -1.15. The van der Waals surface area contributed by atoms with Gasteiger partial charge in [0.05, 0.1) is 6.61 Å². The van der Waals surface area contributed by atoms with Crippen LogP contribution in [-0.2, 0) is 20.7 Å². The highest BCUT2D eigenvalue weighted by Gasteiger charge is 2.31. The quantitative estimate of drug-likeness (QED) is 0.842. The Morgan fingerprint density at radius 3 is 3.00 bits per heavy atom. The van der Waals surface area contributed by atoms with Crippen LogP contribution in [0.3, 0.4) is 0 Å². The molecule has 2 N–H and O–H groups in total. The number of halogens is 1. The Labute approximate surface area is 120 Å². The van der Waals surface area contributed by atoms with Gasteiger partial charge in [-0.3, -0.25) is 4.79 Å². The van der Waals surface area contributed by atoms with Crippen LogP contribution in [0.5, 0.6) is 5.75 Å². The van der Waals surface area contributed by atoms with Gasteiger partial charge in [-0.1, -0.05) is 11.6 Å². The van der Waals surface area contributed by atoms with Crippen LogP contribution in [0.15, 0.2) is 18.2 Å². The van der Waals surface area contributed by atoms with Crippen LogP contribution < -0.4 is 10.1 Å². The molecule has 1 aliphatic heterocycles. The molecule has 2 atom stereocenters. The standard InChI is InChI=1S/C13H14ClNO5/c1-19-6-9(13(17)18)15-12(16)11-5-7-4-8(14)2-3-10(7)20-11/h2-4,9,11H,5-6H2,1H3,(H,15,16)(H,17,18). The van der Waals surface area contributed by atoms with E-state index in [2.05, 4.69) is 5.32 Å². The first kappa shape index (κ1) is 14.6. The molecule has 1 aliphatic rings. The summed E-state index contributed by atoms with van der Waals surface area (Å²) in [4.78, 5) is 23.0. The minimum Gasteiger partial charge on any atom is -0.480 e. The Morgan fingerprint density at radius 1 is 1.60 bits per heavy atom. The summed E-state index contributed by atoms with van der Waals surface area (Å²) in [6.07, 6.45) is -0.386. The van der Waals surface area contributed by atoms with Crippen LogP contribution in [0.25, 0.3) is 0 Å². The fourth-order valence-electron chi connectivity index (χ4n) is 1.97. The maximum absolute atomic E-state index is 12.0. The van der Waals surface area contributed by atoms with Crippen molar-refractivity contribution < 1.29 is 24.2 Å². The zero-order chi connectivity index (χ0) is 14.7. The number of hydrogen-bond donors (Lipinski definition) is 2. The summed E-state index contributed by atoms with van der Waals surface area (Å²) in [5.41, 5.74) is 0.830. The third-order valence-corrected chi connectivity index (χ3v) is 3.17. The number of aliphatic carboxylic acids is 1. The molecule has 1 amide bonds. The third kappa shape index (κ3) is 3.20. The molecule has 0 bridgehead atoms. The molecule has 7 heteroatoms. The number of methoxy groups -OCH3 is 1. The second-order valence-corrected chi connectivity index (χ2v) is 4.85. The van der Waals surface area contributed by atoms with Gasteiger partial charge in [-0.25, -0.2) is 4.79 Å².